The first-order chi connectivity index (χ1) is 10.4. The van der Waals surface area contributed by atoms with Crippen LogP contribution in [0.4, 0.5) is 0 Å². The predicted octanol–water partition coefficient (Wildman–Crippen LogP) is 3.98. The highest BCUT2D eigenvalue weighted by atomic mass is 15.1. The van der Waals surface area contributed by atoms with Crippen molar-refractivity contribution < 1.29 is 0 Å². The lowest BCUT2D eigenvalue weighted by Gasteiger charge is -2.27. The highest BCUT2D eigenvalue weighted by Crippen LogP contribution is 2.25. The zero-order chi connectivity index (χ0) is 14.5. The number of benzene rings is 2. The molecule has 1 saturated heterocycles. The summed E-state index contributed by atoms with van der Waals surface area (Å²) in [4.78, 5) is 2.63. The van der Waals surface area contributed by atoms with Crippen LogP contribution in [-0.4, -0.2) is 31.6 Å². The van der Waals surface area contributed by atoms with Gasteiger partial charge < -0.3 is 10.2 Å². The number of likely N-dealkylation sites (tertiary alicyclic amines) is 1. The third-order valence-corrected chi connectivity index (χ3v) is 4.69. The maximum absolute atomic E-state index is 3.54. The Morgan fingerprint density at radius 2 is 1.67 bits per heavy atom. The molecule has 112 valence electrons. The maximum atomic E-state index is 3.54. The molecular formula is C19H26N2. The second-order valence-corrected chi connectivity index (χ2v) is 6.12. The Morgan fingerprint density at radius 1 is 0.952 bits per heavy atom. The van der Waals surface area contributed by atoms with Crippen LogP contribution in [0.3, 0.4) is 0 Å². The molecule has 0 radical (unpaired) electrons. The molecule has 1 aliphatic rings. The summed E-state index contributed by atoms with van der Waals surface area (Å²) < 4.78 is 0. The van der Waals surface area contributed by atoms with Crippen LogP contribution in [0.1, 0.15) is 37.3 Å². The lowest BCUT2D eigenvalue weighted by atomic mass is 9.98. The van der Waals surface area contributed by atoms with Gasteiger partial charge in [0.2, 0.25) is 0 Å². The van der Waals surface area contributed by atoms with E-state index in [1.807, 2.05) is 0 Å². The van der Waals surface area contributed by atoms with Crippen LogP contribution in [0.5, 0.6) is 0 Å². The summed E-state index contributed by atoms with van der Waals surface area (Å²) >= 11 is 0. The van der Waals surface area contributed by atoms with Crippen molar-refractivity contribution in [1.29, 1.82) is 0 Å². The Kier molecular flexibility index (Phi) is 4.89. The molecule has 1 N–H and O–H groups in total. The molecule has 3 rings (SSSR count). The lowest BCUT2D eigenvalue weighted by Crippen LogP contribution is -2.34. The molecule has 2 heteroatoms. The first-order valence-electron chi connectivity index (χ1n) is 8.26. The van der Waals surface area contributed by atoms with E-state index in [1.54, 1.807) is 0 Å². The Labute approximate surface area is 128 Å². The molecule has 1 unspecified atom stereocenters. The molecule has 2 nitrogen and oxygen atoms in total. The Balaban J connectivity index is 1.84. The highest BCUT2D eigenvalue weighted by molar-refractivity contribution is 5.86. The van der Waals surface area contributed by atoms with Crippen molar-refractivity contribution in [2.24, 2.45) is 0 Å². The van der Waals surface area contributed by atoms with Crippen LogP contribution in [0.25, 0.3) is 10.8 Å². The number of fused-ring (bicyclic) bond motifs is 1. The third kappa shape index (κ3) is 3.45. The minimum atomic E-state index is 0.411. The van der Waals surface area contributed by atoms with Gasteiger partial charge in [0.05, 0.1) is 0 Å². The Hall–Kier alpha value is -1.38. The second-order valence-electron chi connectivity index (χ2n) is 6.12. The molecule has 2 aromatic carbocycles. The minimum Gasteiger partial charge on any atom is -0.312 e. The van der Waals surface area contributed by atoms with Crippen molar-refractivity contribution in [3.05, 3.63) is 48.0 Å². The van der Waals surface area contributed by atoms with Gasteiger partial charge in [0.1, 0.15) is 0 Å². The summed E-state index contributed by atoms with van der Waals surface area (Å²) in [5, 5.41) is 6.26. The number of nitrogens with zero attached hydrogens (tertiary/aromatic N) is 1. The number of likely N-dealkylation sites (N-methyl/N-ethyl adjacent to an activating group) is 1. The number of rotatable bonds is 4. The molecule has 0 spiro atoms. The molecule has 2 aromatic rings. The van der Waals surface area contributed by atoms with Crippen molar-refractivity contribution in [3.63, 3.8) is 0 Å². The first kappa shape index (κ1) is 14.6. The third-order valence-electron chi connectivity index (χ3n) is 4.69. The quantitative estimate of drug-likeness (QED) is 0.912. The second kappa shape index (κ2) is 7.06. The smallest absolute Gasteiger partial charge is 0.0453 e. The van der Waals surface area contributed by atoms with Gasteiger partial charge in [-0.1, -0.05) is 55.3 Å². The first-order valence-corrected chi connectivity index (χ1v) is 8.26. The standard InChI is InChI=1S/C19H26N2/c1-20-19(15-21-13-6-2-3-7-14-21)18-12-8-10-16-9-4-5-11-17(16)18/h4-5,8-12,19-20H,2-3,6-7,13-15H2,1H3. The number of hydrogen-bond donors (Lipinski definition) is 1. The molecule has 1 heterocycles. The summed E-state index contributed by atoms with van der Waals surface area (Å²) in [6.45, 7) is 3.62. The van der Waals surface area contributed by atoms with Crippen LogP contribution < -0.4 is 5.32 Å². The van der Waals surface area contributed by atoms with Crippen LogP contribution in [0.15, 0.2) is 42.5 Å². The fraction of sp³-hybridized carbons (Fsp3) is 0.474. The van der Waals surface area contributed by atoms with Crippen molar-refractivity contribution in [2.45, 2.75) is 31.7 Å². The van der Waals surface area contributed by atoms with E-state index in [0.29, 0.717) is 6.04 Å². The van der Waals surface area contributed by atoms with Gasteiger partial charge in [-0.25, -0.2) is 0 Å². The Morgan fingerprint density at radius 3 is 2.43 bits per heavy atom. The largest absolute Gasteiger partial charge is 0.312 e. The lowest BCUT2D eigenvalue weighted by molar-refractivity contribution is 0.256. The molecule has 0 bridgehead atoms. The maximum Gasteiger partial charge on any atom is 0.0453 e. The summed E-state index contributed by atoms with van der Waals surface area (Å²) in [5.41, 5.74) is 1.43. The van der Waals surface area contributed by atoms with Crippen LogP contribution in [-0.2, 0) is 0 Å². The highest BCUT2D eigenvalue weighted by Gasteiger charge is 2.17. The van der Waals surface area contributed by atoms with Gasteiger partial charge in [-0.2, -0.15) is 0 Å². The van der Waals surface area contributed by atoms with Crippen LogP contribution in [0, 0.1) is 0 Å². The zero-order valence-corrected chi connectivity index (χ0v) is 13.0. The van der Waals surface area contributed by atoms with Gasteiger partial charge in [0.15, 0.2) is 0 Å². The van der Waals surface area contributed by atoms with Gasteiger partial charge in [0, 0.05) is 12.6 Å². The molecule has 1 atom stereocenters. The minimum absolute atomic E-state index is 0.411. The van der Waals surface area contributed by atoms with Crippen molar-refractivity contribution >= 4 is 10.8 Å². The van der Waals surface area contributed by atoms with Crippen molar-refractivity contribution in [1.82, 2.24) is 10.2 Å². The van der Waals surface area contributed by atoms with E-state index >= 15 is 0 Å². The fourth-order valence-corrected chi connectivity index (χ4v) is 3.48. The monoisotopic (exact) mass is 282 g/mol. The van der Waals surface area contributed by atoms with Gasteiger partial charge in [-0.05, 0) is 49.3 Å². The zero-order valence-electron chi connectivity index (χ0n) is 13.0. The van der Waals surface area contributed by atoms with E-state index in [1.165, 1.54) is 55.1 Å². The molecule has 0 aromatic heterocycles. The van der Waals surface area contributed by atoms with Gasteiger partial charge in [-0.15, -0.1) is 0 Å². The van der Waals surface area contributed by atoms with E-state index in [4.69, 9.17) is 0 Å². The van der Waals surface area contributed by atoms with E-state index in [9.17, 15) is 0 Å². The van der Waals surface area contributed by atoms with E-state index < -0.39 is 0 Å². The fourth-order valence-electron chi connectivity index (χ4n) is 3.48. The van der Waals surface area contributed by atoms with Crippen LogP contribution >= 0.6 is 0 Å². The number of nitrogens with one attached hydrogen (secondary N) is 1. The van der Waals surface area contributed by atoms with E-state index in [-0.39, 0.29) is 0 Å². The topological polar surface area (TPSA) is 15.3 Å². The molecule has 1 aliphatic heterocycles. The molecule has 21 heavy (non-hydrogen) atoms. The summed E-state index contributed by atoms with van der Waals surface area (Å²) in [6.07, 6.45) is 5.50. The van der Waals surface area contributed by atoms with E-state index in [2.05, 4.69) is 59.7 Å². The number of hydrogen-bond acceptors (Lipinski definition) is 2. The molecule has 1 fully saturated rings. The van der Waals surface area contributed by atoms with Gasteiger partial charge >= 0.3 is 0 Å². The average Bonchev–Trinajstić information content (AvgIpc) is 2.81. The molecule has 0 amide bonds. The molecular weight excluding hydrogens is 256 g/mol. The van der Waals surface area contributed by atoms with Crippen LogP contribution in [0.2, 0.25) is 0 Å². The summed E-state index contributed by atoms with van der Waals surface area (Å²) in [6, 6.07) is 15.8. The SMILES string of the molecule is CNC(CN1CCCCCC1)c1cccc2ccccc12. The molecule has 0 saturated carbocycles. The predicted molar refractivity (Wildman–Crippen MR) is 90.7 cm³/mol. The van der Waals surface area contributed by atoms with Crippen molar-refractivity contribution in [2.75, 3.05) is 26.7 Å². The summed E-state index contributed by atoms with van der Waals surface area (Å²) in [5.74, 6) is 0. The normalized spacial score (nSPS) is 18.5. The average molecular weight is 282 g/mol. The van der Waals surface area contributed by atoms with Gasteiger partial charge in [-0.3, -0.25) is 0 Å². The summed E-state index contributed by atoms with van der Waals surface area (Å²) in [7, 11) is 2.09. The Bertz CT molecular complexity index is 565. The van der Waals surface area contributed by atoms with Crippen molar-refractivity contribution in [3.8, 4) is 0 Å². The van der Waals surface area contributed by atoms with Gasteiger partial charge in [0.25, 0.3) is 0 Å². The molecule has 0 aliphatic carbocycles. The van der Waals surface area contributed by atoms with E-state index in [0.717, 1.165) is 6.54 Å².